The van der Waals surface area contributed by atoms with Crippen molar-refractivity contribution < 1.29 is 0 Å². The Labute approximate surface area is 146 Å². The maximum Gasteiger partial charge on any atom is 0.256 e. The van der Waals surface area contributed by atoms with Gasteiger partial charge in [0, 0.05) is 54.1 Å². The summed E-state index contributed by atoms with van der Waals surface area (Å²) < 4.78 is 0. The molecular formula is C21H21N3O. The van der Waals surface area contributed by atoms with Crippen molar-refractivity contribution in [3.8, 4) is 11.3 Å². The minimum atomic E-state index is 0.00971. The summed E-state index contributed by atoms with van der Waals surface area (Å²) >= 11 is 0. The molecule has 1 unspecified atom stereocenters. The van der Waals surface area contributed by atoms with E-state index in [4.69, 9.17) is 0 Å². The first-order valence-electron chi connectivity index (χ1n) is 8.97. The van der Waals surface area contributed by atoms with E-state index >= 15 is 0 Å². The van der Waals surface area contributed by atoms with Crippen LogP contribution < -0.4 is 15.8 Å². The summed E-state index contributed by atoms with van der Waals surface area (Å²) in [5.41, 5.74) is 5.93. The van der Waals surface area contributed by atoms with Gasteiger partial charge in [-0.1, -0.05) is 30.3 Å². The summed E-state index contributed by atoms with van der Waals surface area (Å²) in [6, 6.07) is 15.0. The fraction of sp³-hybridized carbons (Fsp3) is 0.286. The molecule has 1 aromatic heterocycles. The molecule has 2 aliphatic rings. The number of fused-ring (bicyclic) bond motifs is 5. The zero-order valence-corrected chi connectivity index (χ0v) is 14.3. The van der Waals surface area contributed by atoms with Crippen LogP contribution in [-0.4, -0.2) is 30.7 Å². The number of nitrogens with one attached hydrogen (secondary N) is 2. The summed E-state index contributed by atoms with van der Waals surface area (Å²) in [5, 5.41) is 5.43. The van der Waals surface area contributed by atoms with Gasteiger partial charge < -0.3 is 15.2 Å². The van der Waals surface area contributed by atoms with Gasteiger partial charge in [0.2, 0.25) is 0 Å². The molecule has 0 radical (unpaired) electrons. The number of H-pyrrole nitrogens is 1. The van der Waals surface area contributed by atoms with Crippen LogP contribution in [0.2, 0.25) is 0 Å². The van der Waals surface area contributed by atoms with Gasteiger partial charge in [-0.25, -0.2) is 0 Å². The first kappa shape index (κ1) is 14.7. The van der Waals surface area contributed by atoms with Crippen LogP contribution in [0.25, 0.3) is 22.0 Å². The molecule has 1 fully saturated rings. The zero-order valence-electron chi connectivity index (χ0n) is 14.3. The van der Waals surface area contributed by atoms with Crippen LogP contribution in [0.4, 0.5) is 5.69 Å². The molecule has 0 spiro atoms. The third kappa shape index (κ3) is 2.21. The van der Waals surface area contributed by atoms with Crippen molar-refractivity contribution in [3.05, 3.63) is 63.9 Å². The molecule has 1 atom stereocenters. The Morgan fingerprint density at radius 3 is 2.88 bits per heavy atom. The predicted molar refractivity (Wildman–Crippen MR) is 102 cm³/mol. The molecule has 0 amide bonds. The normalized spacial score (nSPS) is 19.1. The third-order valence-corrected chi connectivity index (χ3v) is 5.49. The molecule has 25 heavy (non-hydrogen) atoms. The molecule has 0 bridgehead atoms. The quantitative estimate of drug-likeness (QED) is 0.564. The first-order chi connectivity index (χ1) is 12.2. The fourth-order valence-corrected chi connectivity index (χ4v) is 4.36. The van der Waals surface area contributed by atoms with Gasteiger partial charge >= 0.3 is 0 Å². The van der Waals surface area contributed by atoms with Crippen LogP contribution in [0.5, 0.6) is 0 Å². The SMILES string of the molecule is CC1CN(c2cccc3c(=O)[nH]c4c(c23)Cc2ccccc2-4)CCN1. The minimum Gasteiger partial charge on any atom is -0.368 e. The monoisotopic (exact) mass is 331 g/mol. The van der Waals surface area contributed by atoms with E-state index in [1.54, 1.807) is 0 Å². The lowest BCUT2D eigenvalue weighted by Crippen LogP contribution is -2.49. The number of hydrogen-bond acceptors (Lipinski definition) is 3. The molecule has 4 nitrogen and oxygen atoms in total. The summed E-state index contributed by atoms with van der Waals surface area (Å²) in [7, 11) is 0. The molecule has 2 N–H and O–H groups in total. The van der Waals surface area contributed by atoms with Crippen LogP contribution in [0.3, 0.4) is 0 Å². The van der Waals surface area contributed by atoms with E-state index in [2.05, 4.69) is 46.4 Å². The standard InChI is InChI=1S/C21H21N3O/c1-13-12-24(10-9-22-13)18-8-4-7-16-19(18)17-11-14-5-2-3-6-15(14)20(17)23-21(16)25/h2-8,13,22H,9-12H2,1H3,(H,23,25). The number of aromatic amines is 1. The topological polar surface area (TPSA) is 48.1 Å². The van der Waals surface area contributed by atoms with Crippen molar-refractivity contribution in [2.45, 2.75) is 19.4 Å². The Balaban J connectivity index is 1.78. The highest BCUT2D eigenvalue weighted by atomic mass is 16.1. The molecule has 1 aliphatic heterocycles. The Kier molecular flexibility index (Phi) is 3.22. The number of rotatable bonds is 1. The van der Waals surface area contributed by atoms with Crippen LogP contribution >= 0.6 is 0 Å². The highest BCUT2D eigenvalue weighted by Gasteiger charge is 2.26. The van der Waals surface area contributed by atoms with Crippen LogP contribution in [-0.2, 0) is 6.42 Å². The summed E-state index contributed by atoms with van der Waals surface area (Å²) in [6.45, 7) is 5.12. The highest BCUT2D eigenvalue weighted by Crippen LogP contribution is 2.40. The smallest absolute Gasteiger partial charge is 0.256 e. The van der Waals surface area contributed by atoms with Gasteiger partial charge in [0.15, 0.2) is 0 Å². The predicted octanol–water partition coefficient (Wildman–Crippen LogP) is 2.90. The minimum absolute atomic E-state index is 0.00971. The lowest BCUT2D eigenvalue weighted by atomic mass is 10.0. The Hall–Kier alpha value is -2.59. The maximum absolute atomic E-state index is 12.8. The second-order valence-electron chi connectivity index (χ2n) is 7.14. The van der Waals surface area contributed by atoms with E-state index in [1.807, 2.05) is 18.2 Å². The molecule has 1 saturated heterocycles. The van der Waals surface area contributed by atoms with E-state index < -0.39 is 0 Å². The summed E-state index contributed by atoms with van der Waals surface area (Å²) in [4.78, 5) is 18.3. The number of benzene rings is 2. The van der Waals surface area contributed by atoms with E-state index in [1.165, 1.54) is 22.4 Å². The molecule has 1 aliphatic carbocycles. The molecule has 3 aromatic rings. The van der Waals surface area contributed by atoms with Gasteiger partial charge in [-0.15, -0.1) is 0 Å². The van der Waals surface area contributed by atoms with Gasteiger partial charge in [0.1, 0.15) is 0 Å². The van der Waals surface area contributed by atoms with Gasteiger partial charge in [-0.3, -0.25) is 4.79 Å². The summed E-state index contributed by atoms with van der Waals surface area (Å²) in [5.74, 6) is 0. The second kappa shape index (κ2) is 5.46. The van der Waals surface area contributed by atoms with Gasteiger partial charge in [-0.2, -0.15) is 0 Å². The van der Waals surface area contributed by atoms with E-state index in [0.29, 0.717) is 6.04 Å². The molecule has 4 heteroatoms. The Morgan fingerprint density at radius 2 is 2.00 bits per heavy atom. The van der Waals surface area contributed by atoms with Crippen LogP contribution in [0.1, 0.15) is 18.1 Å². The van der Waals surface area contributed by atoms with Gasteiger partial charge in [-0.05, 0) is 30.2 Å². The molecule has 126 valence electrons. The van der Waals surface area contributed by atoms with E-state index in [9.17, 15) is 4.79 Å². The molecule has 2 heterocycles. The van der Waals surface area contributed by atoms with Crippen LogP contribution in [0.15, 0.2) is 47.3 Å². The zero-order chi connectivity index (χ0) is 17.0. The number of aromatic nitrogens is 1. The number of pyridine rings is 1. The molecule has 2 aromatic carbocycles. The summed E-state index contributed by atoms with van der Waals surface area (Å²) in [6.07, 6.45) is 0.886. The number of nitrogens with zero attached hydrogens (tertiary/aromatic N) is 1. The first-order valence-corrected chi connectivity index (χ1v) is 8.97. The van der Waals surface area contributed by atoms with E-state index in [0.717, 1.165) is 42.5 Å². The van der Waals surface area contributed by atoms with Gasteiger partial charge in [0.05, 0.1) is 5.69 Å². The molecular weight excluding hydrogens is 310 g/mol. The number of piperazine rings is 1. The fourth-order valence-electron chi connectivity index (χ4n) is 4.36. The molecule has 0 saturated carbocycles. The Morgan fingerprint density at radius 1 is 1.12 bits per heavy atom. The molecule has 5 rings (SSSR count). The average molecular weight is 331 g/mol. The van der Waals surface area contributed by atoms with Crippen molar-refractivity contribution >= 4 is 16.5 Å². The van der Waals surface area contributed by atoms with Crippen molar-refractivity contribution in [2.75, 3.05) is 24.5 Å². The van der Waals surface area contributed by atoms with Crippen molar-refractivity contribution in [3.63, 3.8) is 0 Å². The average Bonchev–Trinajstić information content (AvgIpc) is 3.00. The Bertz CT molecular complexity index is 1040. The number of anilines is 1. The lowest BCUT2D eigenvalue weighted by Gasteiger charge is -2.34. The van der Waals surface area contributed by atoms with Crippen molar-refractivity contribution in [1.29, 1.82) is 0 Å². The van der Waals surface area contributed by atoms with E-state index in [-0.39, 0.29) is 5.56 Å². The van der Waals surface area contributed by atoms with Crippen LogP contribution in [0, 0.1) is 0 Å². The third-order valence-electron chi connectivity index (χ3n) is 5.49. The number of hydrogen-bond donors (Lipinski definition) is 2. The van der Waals surface area contributed by atoms with Crippen molar-refractivity contribution in [1.82, 2.24) is 10.3 Å². The largest absolute Gasteiger partial charge is 0.368 e. The van der Waals surface area contributed by atoms with Crippen molar-refractivity contribution in [2.24, 2.45) is 0 Å². The second-order valence-corrected chi connectivity index (χ2v) is 7.14. The maximum atomic E-state index is 12.8. The van der Waals surface area contributed by atoms with Gasteiger partial charge in [0.25, 0.3) is 5.56 Å². The highest BCUT2D eigenvalue weighted by molar-refractivity contribution is 6.01. The lowest BCUT2D eigenvalue weighted by molar-refractivity contribution is 0.485.